The summed E-state index contributed by atoms with van der Waals surface area (Å²) >= 11 is 1.62. The Morgan fingerprint density at radius 2 is 1.93 bits per heavy atom. The van der Waals surface area contributed by atoms with Crippen LogP contribution in [0.25, 0.3) is 11.1 Å². The second-order valence-electron chi connectivity index (χ2n) is 9.38. The molecule has 1 aliphatic heterocycles. The second kappa shape index (κ2) is 13.1. The van der Waals surface area contributed by atoms with Gasteiger partial charge in [-0.25, -0.2) is 9.97 Å². The SMILES string of the molecule is CC(=O)NCCCCc1nc(COc2nccc(-c3ccc4c(c3)OCCO4)c2C#N)sc1Cc1ccccc1. The zero-order valence-electron chi connectivity index (χ0n) is 22.3. The number of pyridine rings is 1. The Morgan fingerprint density at radius 1 is 1.10 bits per heavy atom. The monoisotopic (exact) mass is 554 g/mol. The zero-order chi connectivity index (χ0) is 27.7. The maximum Gasteiger partial charge on any atom is 0.232 e. The van der Waals surface area contributed by atoms with E-state index in [1.807, 2.05) is 36.4 Å². The van der Waals surface area contributed by atoms with Gasteiger partial charge in [0.15, 0.2) is 11.5 Å². The lowest BCUT2D eigenvalue weighted by atomic mass is 10.0. The lowest BCUT2D eigenvalue weighted by Crippen LogP contribution is -2.20. The van der Waals surface area contributed by atoms with Gasteiger partial charge in [0.1, 0.15) is 36.5 Å². The van der Waals surface area contributed by atoms with Crippen molar-refractivity contribution in [3.63, 3.8) is 0 Å². The van der Waals surface area contributed by atoms with Gasteiger partial charge >= 0.3 is 0 Å². The topological polar surface area (TPSA) is 106 Å². The number of unbranched alkanes of at least 4 members (excludes halogenated alkanes) is 1. The number of hydrogen-bond acceptors (Lipinski definition) is 8. The number of benzene rings is 2. The molecule has 0 bridgehead atoms. The Labute approximate surface area is 237 Å². The Kier molecular flexibility index (Phi) is 8.89. The van der Waals surface area contributed by atoms with E-state index in [-0.39, 0.29) is 18.4 Å². The molecule has 8 nitrogen and oxygen atoms in total. The van der Waals surface area contributed by atoms with Crippen molar-refractivity contribution in [3.05, 3.63) is 87.5 Å². The molecule has 1 amide bonds. The first kappa shape index (κ1) is 27.2. The van der Waals surface area contributed by atoms with E-state index >= 15 is 0 Å². The summed E-state index contributed by atoms with van der Waals surface area (Å²) < 4.78 is 17.4. The molecule has 0 radical (unpaired) electrons. The van der Waals surface area contributed by atoms with E-state index in [2.05, 4.69) is 28.5 Å². The van der Waals surface area contributed by atoms with Crippen LogP contribution in [0, 0.1) is 11.3 Å². The molecule has 40 heavy (non-hydrogen) atoms. The quantitative estimate of drug-likeness (QED) is 0.245. The standard InChI is InChI=1S/C31H30N4O4S/c1-21(36)33-13-6-5-9-26-29(17-22-7-3-2-4-8-22)40-30(35-26)20-39-31-25(19-32)24(12-14-34-31)23-10-11-27-28(18-23)38-16-15-37-27/h2-4,7-8,10-12,14,18H,5-6,9,13,15-17,20H2,1H3,(H,33,36). The zero-order valence-corrected chi connectivity index (χ0v) is 23.1. The van der Waals surface area contributed by atoms with Gasteiger partial charge in [-0.15, -0.1) is 11.3 Å². The summed E-state index contributed by atoms with van der Waals surface area (Å²) in [4.78, 5) is 21.6. The smallest absolute Gasteiger partial charge is 0.232 e. The normalized spacial score (nSPS) is 12.0. The van der Waals surface area contributed by atoms with Gasteiger partial charge in [0, 0.05) is 36.5 Å². The molecule has 2 aromatic carbocycles. The molecule has 0 unspecified atom stereocenters. The van der Waals surface area contributed by atoms with Crippen LogP contribution in [0.2, 0.25) is 0 Å². The van der Waals surface area contributed by atoms with Crippen molar-refractivity contribution < 1.29 is 19.0 Å². The highest BCUT2D eigenvalue weighted by Crippen LogP contribution is 2.37. The van der Waals surface area contributed by atoms with Gasteiger partial charge in [-0.05, 0) is 48.6 Å². The number of amides is 1. The molecule has 3 heterocycles. The van der Waals surface area contributed by atoms with Crippen LogP contribution < -0.4 is 19.5 Å². The van der Waals surface area contributed by atoms with Gasteiger partial charge in [-0.3, -0.25) is 4.79 Å². The van der Waals surface area contributed by atoms with Crippen LogP contribution in [-0.4, -0.2) is 35.6 Å². The summed E-state index contributed by atoms with van der Waals surface area (Å²) in [5.74, 6) is 1.61. The van der Waals surface area contributed by atoms with E-state index < -0.39 is 0 Å². The van der Waals surface area contributed by atoms with Crippen LogP contribution in [0.15, 0.2) is 60.8 Å². The summed E-state index contributed by atoms with van der Waals surface area (Å²) in [5.41, 5.74) is 4.17. The van der Waals surface area contributed by atoms with Gasteiger partial charge in [-0.2, -0.15) is 5.26 Å². The van der Waals surface area contributed by atoms with Crippen molar-refractivity contribution in [1.29, 1.82) is 5.26 Å². The highest BCUT2D eigenvalue weighted by molar-refractivity contribution is 7.11. The molecule has 1 N–H and O–H groups in total. The second-order valence-corrected chi connectivity index (χ2v) is 10.5. The van der Waals surface area contributed by atoms with Crippen molar-refractivity contribution in [2.45, 2.75) is 39.2 Å². The van der Waals surface area contributed by atoms with Gasteiger partial charge < -0.3 is 19.5 Å². The van der Waals surface area contributed by atoms with Crippen LogP contribution in [0.3, 0.4) is 0 Å². The number of nitrogens with zero attached hydrogens (tertiary/aromatic N) is 3. The van der Waals surface area contributed by atoms with Crippen LogP contribution >= 0.6 is 11.3 Å². The Morgan fingerprint density at radius 3 is 2.73 bits per heavy atom. The number of nitriles is 1. The summed E-state index contributed by atoms with van der Waals surface area (Å²) in [6.45, 7) is 3.41. The average molecular weight is 555 g/mol. The number of carbonyl (C=O) groups excluding carboxylic acids is 1. The third-order valence-electron chi connectivity index (χ3n) is 6.46. The number of fused-ring (bicyclic) bond motifs is 1. The third-order valence-corrected chi connectivity index (χ3v) is 7.53. The predicted molar refractivity (Wildman–Crippen MR) is 153 cm³/mol. The lowest BCUT2D eigenvalue weighted by Gasteiger charge is -2.19. The minimum atomic E-state index is -0.0127. The number of carbonyl (C=O) groups is 1. The highest BCUT2D eigenvalue weighted by atomic mass is 32.1. The first-order valence-electron chi connectivity index (χ1n) is 13.3. The van der Waals surface area contributed by atoms with Gasteiger partial charge in [0.2, 0.25) is 11.8 Å². The van der Waals surface area contributed by atoms with E-state index in [0.29, 0.717) is 42.4 Å². The molecule has 2 aromatic heterocycles. The number of hydrogen-bond donors (Lipinski definition) is 1. The van der Waals surface area contributed by atoms with E-state index in [9.17, 15) is 10.1 Å². The lowest BCUT2D eigenvalue weighted by molar-refractivity contribution is -0.118. The number of thiazole rings is 1. The number of aryl methyl sites for hydroxylation is 1. The number of rotatable bonds is 11. The number of ether oxygens (including phenoxy) is 3. The minimum Gasteiger partial charge on any atom is -0.486 e. The molecule has 0 saturated heterocycles. The third kappa shape index (κ3) is 6.77. The number of nitrogens with one attached hydrogen (secondary N) is 1. The van der Waals surface area contributed by atoms with Crippen molar-refractivity contribution in [3.8, 4) is 34.6 Å². The number of aromatic nitrogens is 2. The molecular weight excluding hydrogens is 524 g/mol. The van der Waals surface area contributed by atoms with Crippen molar-refractivity contribution in [1.82, 2.24) is 15.3 Å². The Bertz CT molecular complexity index is 1510. The molecule has 0 atom stereocenters. The highest BCUT2D eigenvalue weighted by Gasteiger charge is 2.18. The van der Waals surface area contributed by atoms with Gasteiger partial charge in [0.05, 0.1) is 5.69 Å². The van der Waals surface area contributed by atoms with Crippen molar-refractivity contribution in [2.75, 3.05) is 19.8 Å². The molecule has 5 rings (SSSR count). The summed E-state index contributed by atoms with van der Waals surface area (Å²) in [5, 5.41) is 13.7. The molecule has 0 spiro atoms. The summed E-state index contributed by atoms with van der Waals surface area (Å²) in [7, 11) is 0. The fourth-order valence-electron chi connectivity index (χ4n) is 4.54. The van der Waals surface area contributed by atoms with Gasteiger partial charge in [0.25, 0.3) is 0 Å². The summed E-state index contributed by atoms with van der Waals surface area (Å²) in [6, 6.07) is 20.0. The largest absolute Gasteiger partial charge is 0.486 e. The molecule has 0 aliphatic carbocycles. The molecule has 0 fully saturated rings. The first-order chi connectivity index (χ1) is 19.6. The Hall–Kier alpha value is -4.42. The predicted octanol–water partition coefficient (Wildman–Crippen LogP) is 5.48. The van der Waals surface area contributed by atoms with Crippen molar-refractivity contribution >= 4 is 17.2 Å². The molecule has 9 heteroatoms. The molecule has 204 valence electrons. The summed E-state index contributed by atoms with van der Waals surface area (Å²) in [6.07, 6.45) is 5.06. The molecular formula is C31H30N4O4S. The van der Waals surface area contributed by atoms with Crippen LogP contribution in [0.1, 0.15) is 46.5 Å². The Balaban J connectivity index is 1.32. The van der Waals surface area contributed by atoms with Crippen molar-refractivity contribution in [2.24, 2.45) is 0 Å². The first-order valence-corrected chi connectivity index (χ1v) is 14.1. The fourth-order valence-corrected chi connectivity index (χ4v) is 5.60. The van der Waals surface area contributed by atoms with Crippen LogP contribution in [0.5, 0.6) is 17.4 Å². The van der Waals surface area contributed by atoms with Crippen LogP contribution in [0.4, 0.5) is 0 Å². The molecule has 4 aromatic rings. The van der Waals surface area contributed by atoms with E-state index in [1.54, 1.807) is 23.6 Å². The minimum absolute atomic E-state index is 0.0127. The van der Waals surface area contributed by atoms with Gasteiger partial charge in [-0.1, -0.05) is 36.4 Å². The van der Waals surface area contributed by atoms with E-state index in [4.69, 9.17) is 19.2 Å². The maximum atomic E-state index is 11.2. The van der Waals surface area contributed by atoms with Crippen LogP contribution in [-0.2, 0) is 24.2 Å². The molecule has 0 saturated carbocycles. The molecule has 1 aliphatic rings. The fraction of sp³-hybridized carbons (Fsp3) is 0.290. The average Bonchev–Trinajstić information content (AvgIpc) is 3.36. The van der Waals surface area contributed by atoms with E-state index in [1.165, 1.54) is 17.4 Å². The maximum absolute atomic E-state index is 11.2. The van der Waals surface area contributed by atoms with E-state index in [0.717, 1.165) is 41.9 Å².